The van der Waals surface area contributed by atoms with Crippen molar-refractivity contribution >= 4 is 52.2 Å². The number of benzene rings is 3. The average molecular weight is 488 g/mol. The Morgan fingerprint density at radius 1 is 0.938 bits per heavy atom. The molecule has 1 unspecified atom stereocenters. The molecule has 1 N–H and O–H groups in total. The fourth-order valence-corrected chi connectivity index (χ4v) is 4.36. The maximum Gasteiger partial charge on any atom is 0.281 e. The first-order valence-corrected chi connectivity index (χ1v) is 10.7. The molecular weight excluding hydrogens is 474 g/mol. The lowest BCUT2D eigenvalue weighted by Gasteiger charge is -2.37. The number of anilines is 2. The van der Waals surface area contributed by atoms with E-state index in [1.54, 1.807) is 60.7 Å². The first-order valence-electron chi connectivity index (χ1n) is 9.57. The third-order valence-corrected chi connectivity index (χ3v) is 6.01. The lowest BCUT2D eigenvalue weighted by molar-refractivity contribution is 0.0968. The zero-order valence-electron chi connectivity index (χ0n) is 16.3. The van der Waals surface area contributed by atoms with Crippen LogP contribution >= 0.6 is 34.8 Å². The van der Waals surface area contributed by atoms with Crippen LogP contribution in [0, 0.1) is 5.82 Å². The Morgan fingerprint density at radius 3 is 2.38 bits per heavy atom. The maximum atomic E-state index is 14.5. The molecule has 32 heavy (non-hydrogen) atoms. The molecule has 1 amide bonds. The zero-order valence-corrected chi connectivity index (χ0v) is 18.5. The van der Waals surface area contributed by atoms with Crippen LogP contribution in [0.25, 0.3) is 5.69 Å². The molecule has 9 heteroatoms. The highest BCUT2D eigenvalue weighted by molar-refractivity contribution is 6.35. The number of para-hydroxylation sites is 1. The highest BCUT2D eigenvalue weighted by atomic mass is 35.5. The van der Waals surface area contributed by atoms with Crippen molar-refractivity contribution in [2.75, 3.05) is 10.2 Å². The van der Waals surface area contributed by atoms with Crippen LogP contribution in [0.2, 0.25) is 15.1 Å². The van der Waals surface area contributed by atoms with Crippen molar-refractivity contribution in [3.8, 4) is 5.69 Å². The summed E-state index contributed by atoms with van der Waals surface area (Å²) in [7, 11) is 0. The Labute approximate surface area is 198 Å². The molecule has 5 nitrogen and oxygen atoms in total. The molecule has 2 heterocycles. The third kappa shape index (κ3) is 3.50. The molecule has 1 atom stereocenters. The predicted molar refractivity (Wildman–Crippen MR) is 125 cm³/mol. The number of halogens is 4. The smallest absolute Gasteiger partial charge is 0.281 e. The average Bonchev–Trinajstić information content (AvgIpc) is 3.19. The van der Waals surface area contributed by atoms with Gasteiger partial charge in [0.1, 0.15) is 18.3 Å². The van der Waals surface area contributed by atoms with Crippen LogP contribution in [0.3, 0.4) is 0 Å². The monoisotopic (exact) mass is 486 g/mol. The SMILES string of the molecule is O=C1c2c(ncn2-c2ccccc2F)NC(c2ccc(Cl)cc2Cl)N1c1ccc(Cl)cc1. The summed E-state index contributed by atoms with van der Waals surface area (Å²) in [5, 5.41) is 4.66. The van der Waals surface area contributed by atoms with E-state index in [4.69, 9.17) is 34.8 Å². The Morgan fingerprint density at radius 2 is 1.66 bits per heavy atom. The van der Waals surface area contributed by atoms with Crippen LogP contribution in [-0.2, 0) is 0 Å². The molecule has 1 aromatic heterocycles. The van der Waals surface area contributed by atoms with E-state index in [0.29, 0.717) is 32.1 Å². The summed E-state index contributed by atoms with van der Waals surface area (Å²) < 4.78 is 15.9. The van der Waals surface area contributed by atoms with E-state index < -0.39 is 12.0 Å². The molecule has 5 rings (SSSR count). The van der Waals surface area contributed by atoms with E-state index >= 15 is 0 Å². The van der Waals surface area contributed by atoms with Gasteiger partial charge in [-0.3, -0.25) is 14.3 Å². The van der Waals surface area contributed by atoms with Crippen molar-refractivity contribution < 1.29 is 9.18 Å². The lowest BCUT2D eigenvalue weighted by Crippen LogP contribution is -2.44. The summed E-state index contributed by atoms with van der Waals surface area (Å²) in [6, 6.07) is 18.1. The number of aromatic nitrogens is 2. The van der Waals surface area contributed by atoms with Gasteiger partial charge in [-0.2, -0.15) is 0 Å². The molecule has 160 valence electrons. The van der Waals surface area contributed by atoms with E-state index in [2.05, 4.69) is 10.3 Å². The lowest BCUT2D eigenvalue weighted by atomic mass is 10.1. The normalized spacial score (nSPS) is 15.4. The molecule has 0 saturated heterocycles. The molecule has 3 aromatic carbocycles. The molecule has 0 saturated carbocycles. The van der Waals surface area contributed by atoms with E-state index in [9.17, 15) is 9.18 Å². The largest absolute Gasteiger partial charge is 0.344 e. The minimum absolute atomic E-state index is 0.200. The number of carbonyl (C=O) groups excluding carboxylic acids is 1. The number of rotatable bonds is 3. The van der Waals surface area contributed by atoms with E-state index in [0.717, 1.165) is 0 Å². The standard InChI is InChI=1S/C23H14Cl3FN4O/c24-13-5-8-15(9-6-13)31-22(16-10-7-14(25)11-17(16)26)29-21-20(23(31)32)30(12-28-21)19-4-2-1-3-18(19)27/h1-12,22,29H. The van der Waals surface area contributed by atoms with Gasteiger partial charge in [-0.1, -0.05) is 53.0 Å². The van der Waals surface area contributed by atoms with Crippen molar-refractivity contribution in [3.63, 3.8) is 0 Å². The Balaban J connectivity index is 1.69. The molecule has 0 fully saturated rings. The van der Waals surface area contributed by atoms with Crippen LogP contribution in [-0.4, -0.2) is 15.5 Å². The van der Waals surface area contributed by atoms with Gasteiger partial charge in [-0.05, 0) is 48.5 Å². The number of nitrogens with one attached hydrogen (secondary N) is 1. The van der Waals surface area contributed by atoms with Gasteiger partial charge in [-0.15, -0.1) is 0 Å². The summed E-state index contributed by atoms with van der Waals surface area (Å²) in [5.74, 6) is -0.529. The van der Waals surface area contributed by atoms with E-state index in [1.165, 1.54) is 21.9 Å². The zero-order chi connectivity index (χ0) is 22.4. The first kappa shape index (κ1) is 20.8. The number of nitrogens with zero attached hydrogens (tertiary/aromatic N) is 3. The Hall–Kier alpha value is -3.06. The fourth-order valence-electron chi connectivity index (χ4n) is 3.72. The molecule has 1 aliphatic heterocycles. The molecular formula is C23H14Cl3FN4O. The van der Waals surface area contributed by atoms with Crippen molar-refractivity contribution in [1.82, 2.24) is 9.55 Å². The molecule has 0 spiro atoms. The number of hydrogen-bond donors (Lipinski definition) is 1. The summed E-state index contributed by atoms with van der Waals surface area (Å²) in [6.07, 6.45) is 0.741. The van der Waals surface area contributed by atoms with Gasteiger partial charge in [0.05, 0.1) is 5.69 Å². The van der Waals surface area contributed by atoms with Gasteiger partial charge in [0.15, 0.2) is 11.5 Å². The van der Waals surface area contributed by atoms with Gasteiger partial charge >= 0.3 is 0 Å². The Bertz CT molecular complexity index is 1340. The summed E-state index contributed by atoms with van der Waals surface area (Å²) in [6.45, 7) is 0. The Kier molecular flexibility index (Phi) is 5.29. The summed E-state index contributed by atoms with van der Waals surface area (Å²) >= 11 is 18.6. The summed E-state index contributed by atoms with van der Waals surface area (Å²) in [4.78, 5) is 19.7. The van der Waals surface area contributed by atoms with Gasteiger partial charge in [-0.25, -0.2) is 9.37 Å². The van der Waals surface area contributed by atoms with E-state index in [1.807, 2.05) is 0 Å². The van der Waals surface area contributed by atoms with Crippen molar-refractivity contribution in [2.45, 2.75) is 6.17 Å². The van der Waals surface area contributed by atoms with Gasteiger partial charge in [0.2, 0.25) is 0 Å². The molecule has 0 aliphatic carbocycles. The van der Waals surface area contributed by atoms with Crippen LogP contribution < -0.4 is 10.2 Å². The second-order valence-electron chi connectivity index (χ2n) is 7.13. The topological polar surface area (TPSA) is 50.2 Å². The minimum atomic E-state index is -0.676. The van der Waals surface area contributed by atoms with Crippen LogP contribution in [0.15, 0.2) is 73.1 Å². The second-order valence-corrected chi connectivity index (χ2v) is 8.41. The molecule has 0 radical (unpaired) electrons. The second kappa shape index (κ2) is 8.13. The van der Waals surface area contributed by atoms with Crippen LogP contribution in [0.1, 0.15) is 22.2 Å². The third-order valence-electron chi connectivity index (χ3n) is 5.19. The van der Waals surface area contributed by atoms with Crippen molar-refractivity contribution in [3.05, 3.63) is 105 Å². The van der Waals surface area contributed by atoms with Crippen molar-refractivity contribution in [1.29, 1.82) is 0 Å². The number of imidazole rings is 1. The van der Waals surface area contributed by atoms with Gasteiger partial charge in [0, 0.05) is 26.3 Å². The quantitative estimate of drug-likeness (QED) is 0.348. The van der Waals surface area contributed by atoms with Crippen LogP contribution in [0.5, 0.6) is 0 Å². The predicted octanol–water partition coefficient (Wildman–Crippen LogP) is 6.74. The highest BCUT2D eigenvalue weighted by Crippen LogP contribution is 2.40. The number of amides is 1. The molecule has 1 aliphatic rings. The van der Waals surface area contributed by atoms with Crippen LogP contribution in [0.4, 0.5) is 15.9 Å². The number of hydrogen-bond acceptors (Lipinski definition) is 3. The number of fused-ring (bicyclic) bond motifs is 1. The minimum Gasteiger partial charge on any atom is -0.344 e. The molecule has 4 aromatic rings. The van der Waals surface area contributed by atoms with Gasteiger partial charge in [0.25, 0.3) is 5.91 Å². The molecule has 0 bridgehead atoms. The summed E-state index contributed by atoms with van der Waals surface area (Å²) in [5.41, 5.74) is 1.63. The van der Waals surface area contributed by atoms with Crippen molar-refractivity contribution in [2.24, 2.45) is 0 Å². The maximum absolute atomic E-state index is 14.5. The number of carbonyl (C=O) groups is 1. The fraction of sp³-hybridized carbons (Fsp3) is 0.0435. The highest BCUT2D eigenvalue weighted by Gasteiger charge is 2.38. The first-order chi connectivity index (χ1) is 15.4. The van der Waals surface area contributed by atoms with E-state index in [-0.39, 0.29) is 17.3 Å². The van der Waals surface area contributed by atoms with Gasteiger partial charge < -0.3 is 5.32 Å².